The number of hydrogen-bond donors (Lipinski definition) is 2. The van der Waals surface area contributed by atoms with Crippen LogP contribution in [0.15, 0.2) is 23.5 Å². The predicted octanol–water partition coefficient (Wildman–Crippen LogP) is 0.242. The van der Waals surface area contributed by atoms with Crippen molar-refractivity contribution in [1.82, 2.24) is 4.98 Å². The number of amidine groups is 1. The summed E-state index contributed by atoms with van der Waals surface area (Å²) < 4.78 is 0. The summed E-state index contributed by atoms with van der Waals surface area (Å²) in [6.07, 6.45) is 1.66. The smallest absolute Gasteiger partial charge is 0.188 e. The molecule has 0 saturated carbocycles. The molecule has 0 aliphatic rings. The number of oxime groups is 1. The second kappa shape index (κ2) is 3.75. The van der Waals surface area contributed by atoms with E-state index in [9.17, 15) is 0 Å². The van der Waals surface area contributed by atoms with Crippen molar-refractivity contribution in [2.45, 2.75) is 0 Å². The molecular formula is C8H12N4O. The Morgan fingerprint density at radius 1 is 1.54 bits per heavy atom. The highest BCUT2D eigenvalue weighted by atomic mass is 16.4. The summed E-state index contributed by atoms with van der Waals surface area (Å²) >= 11 is 0. The van der Waals surface area contributed by atoms with Gasteiger partial charge in [0.15, 0.2) is 5.84 Å². The van der Waals surface area contributed by atoms with Gasteiger partial charge in [-0.3, -0.25) is 4.98 Å². The predicted molar refractivity (Wildman–Crippen MR) is 51.1 cm³/mol. The summed E-state index contributed by atoms with van der Waals surface area (Å²) in [5.41, 5.74) is 6.78. The Hall–Kier alpha value is -1.78. The van der Waals surface area contributed by atoms with Crippen molar-refractivity contribution in [3.8, 4) is 0 Å². The van der Waals surface area contributed by atoms with E-state index >= 15 is 0 Å². The third-order valence-electron chi connectivity index (χ3n) is 1.63. The Morgan fingerprint density at radius 2 is 2.23 bits per heavy atom. The van der Waals surface area contributed by atoms with Crippen molar-refractivity contribution in [3.63, 3.8) is 0 Å². The van der Waals surface area contributed by atoms with Gasteiger partial charge in [-0.05, 0) is 12.1 Å². The van der Waals surface area contributed by atoms with Gasteiger partial charge >= 0.3 is 0 Å². The number of pyridine rings is 1. The molecule has 5 heteroatoms. The van der Waals surface area contributed by atoms with Gasteiger partial charge in [-0.15, -0.1) is 0 Å². The highest BCUT2D eigenvalue weighted by Crippen LogP contribution is 2.08. The molecule has 3 N–H and O–H groups in total. The van der Waals surface area contributed by atoms with E-state index in [-0.39, 0.29) is 5.84 Å². The number of nitrogens with zero attached hydrogens (tertiary/aromatic N) is 3. The Morgan fingerprint density at radius 3 is 2.62 bits per heavy atom. The van der Waals surface area contributed by atoms with Crippen LogP contribution < -0.4 is 10.6 Å². The van der Waals surface area contributed by atoms with Gasteiger partial charge in [-0.25, -0.2) is 0 Å². The van der Waals surface area contributed by atoms with Crippen molar-refractivity contribution in [3.05, 3.63) is 24.0 Å². The van der Waals surface area contributed by atoms with Crippen LogP contribution >= 0.6 is 0 Å². The normalized spacial score (nSPS) is 11.4. The highest BCUT2D eigenvalue weighted by Gasteiger charge is 2.00. The summed E-state index contributed by atoms with van der Waals surface area (Å²) in [4.78, 5) is 5.93. The first-order chi connectivity index (χ1) is 6.15. The zero-order valence-corrected chi connectivity index (χ0v) is 7.60. The average molecular weight is 180 g/mol. The molecule has 0 saturated heterocycles. The Balaban J connectivity index is 2.94. The number of nitrogens with two attached hydrogens (primary N) is 1. The topological polar surface area (TPSA) is 74.7 Å². The van der Waals surface area contributed by atoms with E-state index in [0.29, 0.717) is 5.69 Å². The molecule has 0 amide bonds. The van der Waals surface area contributed by atoms with Gasteiger partial charge in [-0.2, -0.15) is 0 Å². The summed E-state index contributed by atoms with van der Waals surface area (Å²) in [5.74, 6) is 0.0188. The Kier molecular flexibility index (Phi) is 2.69. The highest BCUT2D eigenvalue weighted by molar-refractivity contribution is 5.95. The molecule has 1 heterocycles. The van der Waals surface area contributed by atoms with Crippen LogP contribution in [0.4, 0.5) is 5.69 Å². The minimum Gasteiger partial charge on any atom is -0.409 e. The van der Waals surface area contributed by atoms with Crippen molar-refractivity contribution in [2.75, 3.05) is 19.0 Å². The SMILES string of the molecule is CN(C)c1ccc(/C(N)=N/O)nc1. The van der Waals surface area contributed by atoms with Crippen LogP contribution in [0.2, 0.25) is 0 Å². The van der Waals surface area contributed by atoms with Crippen LogP contribution in [0.1, 0.15) is 5.69 Å². The van der Waals surface area contributed by atoms with Gasteiger partial charge in [0.2, 0.25) is 0 Å². The van der Waals surface area contributed by atoms with Crippen LogP contribution in [0.3, 0.4) is 0 Å². The molecule has 0 atom stereocenters. The third-order valence-corrected chi connectivity index (χ3v) is 1.63. The molecule has 1 rings (SSSR count). The summed E-state index contributed by atoms with van der Waals surface area (Å²) in [6.45, 7) is 0. The standard InChI is InChI=1S/C8H12N4O/c1-12(2)6-3-4-7(10-5-6)8(9)11-13/h3-5,13H,1-2H3,(H2,9,11). The second-order valence-corrected chi connectivity index (χ2v) is 2.78. The quantitative estimate of drug-likeness (QED) is 0.296. The molecule has 5 nitrogen and oxygen atoms in total. The molecule has 0 bridgehead atoms. The zero-order valence-electron chi connectivity index (χ0n) is 7.60. The maximum absolute atomic E-state index is 8.38. The summed E-state index contributed by atoms with van der Waals surface area (Å²) in [7, 11) is 3.83. The molecule has 0 unspecified atom stereocenters. The molecule has 0 aromatic carbocycles. The first-order valence-corrected chi connectivity index (χ1v) is 3.76. The van der Waals surface area contributed by atoms with E-state index in [0.717, 1.165) is 5.69 Å². The molecule has 0 spiro atoms. The third kappa shape index (κ3) is 2.08. The lowest BCUT2D eigenvalue weighted by Gasteiger charge is -2.11. The maximum Gasteiger partial charge on any atom is 0.188 e. The minimum absolute atomic E-state index is 0.0188. The summed E-state index contributed by atoms with van der Waals surface area (Å²) in [6, 6.07) is 3.55. The number of aromatic nitrogens is 1. The molecule has 1 aromatic heterocycles. The van der Waals surface area contributed by atoms with E-state index in [4.69, 9.17) is 10.9 Å². The van der Waals surface area contributed by atoms with Crippen molar-refractivity contribution in [1.29, 1.82) is 0 Å². The lowest BCUT2D eigenvalue weighted by molar-refractivity contribution is 0.318. The Labute approximate surface area is 76.5 Å². The van der Waals surface area contributed by atoms with Crippen LogP contribution in [-0.4, -0.2) is 30.1 Å². The van der Waals surface area contributed by atoms with Gasteiger partial charge in [0.1, 0.15) is 5.69 Å². The van der Waals surface area contributed by atoms with Crippen molar-refractivity contribution < 1.29 is 5.21 Å². The fourth-order valence-electron chi connectivity index (χ4n) is 0.853. The number of rotatable bonds is 2. The fraction of sp³-hybridized carbons (Fsp3) is 0.250. The Bertz CT molecular complexity index is 304. The van der Waals surface area contributed by atoms with Gasteiger partial charge < -0.3 is 15.8 Å². The maximum atomic E-state index is 8.38. The van der Waals surface area contributed by atoms with E-state index in [1.165, 1.54) is 0 Å². The van der Waals surface area contributed by atoms with Crippen LogP contribution in [0, 0.1) is 0 Å². The molecule has 13 heavy (non-hydrogen) atoms. The molecule has 0 radical (unpaired) electrons. The molecule has 0 aliphatic heterocycles. The second-order valence-electron chi connectivity index (χ2n) is 2.78. The first-order valence-electron chi connectivity index (χ1n) is 3.76. The van der Waals surface area contributed by atoms with Crippen molar-refractivity contribution >= 4 is 11.5 Å². The van der Waals surface area contributed by atoms with Gasteiger partial charge in [-0.1, -0.05) is 5.16 Å². The zero-order chi connectivity index (χ0) is 9.84. The average Bonchev–Trinajstić information content (AvgIpc) is 2.17. The lowest BCUT2D eigenvalue weighted by atomic mass is 10.3. The molecular weight excluding hydrogens is 168 g/mol. The largest absolute Gasteiger partial charge is 0.409 e. The van der Waals surface area contributed by atoms with Crippen LogP contribution in [0.5, 0.6) is 0 Å². The monoisotopic (exact) mass is 180 g/mol. The molecule has 0 fully saturated rings. The fourth-order valence-corrected chi connectivity index (χ4v) is 0.853. The van der Waals surface area contributed by atoms with Crippen LogP contribution in [-0.2, 0) is 0 Å². The molecule has 70 valence electrons. The van der Waals surface area contributed by atoms with E-state index in [1.807, 2.05) is 25.1 Å². The van der Waals surface area contributed by atoms with Gasteiger partial charge in [0.25, 0.3) is 0 Å². The van der Waals surface area contributed by atoms with E-state index in [2.05, 4.69) is 10.1 Å². The van der Waals surface area contributed by atoms with E-state index < -0.39 is 0 Å². The minimum atomic E-state index is 0.0188. The molecule has 1 aromatic rings. The van der Waals surface area contributed by atoms with Crippen LogP contribution in [0.25, 0.3) is 0 Å². The van der Waals surface area contributed by atoms with E-state index in [1.54, 1.807) is 12.3 Å². The summed E-state index contributed by atoms with van der Waals surface area (Å²) in [5, 5.41) is 11.2. The van der Waals surface area contributed by atoms with Gasteiger partial charge in [0.05, 0.1) is 11.9 Å². The molecule has 0 aliphatic carbocycles. The van der Waals surface area contributed by atoms with Gasteiger partial charge in [0, 0.05) is 14.1 Å². The number of hydrogen-bond acceptors (Lipinski definition) is 4. The lowest BCUT2D eigenvalue weighted by Crippen LogP contribution is -2.16. The first kappa shape index (κ1) is 9.31. The van der Waals surface area contributed by atoms with Crippen molar-refractivity contribution in [2.24, 2.45) is 10.9 Å². The number of anilines is 1.